The van der Waals surface area contributed by atoms with Crippen LogP contribution in [0.4, 0.5) is 5.69 Å². The highest BCUT2D eigenvalue weighted by molar-refractivity contribution is 5.97. The summed E-state index contributed by atoms with van der Waals surface area (Å²) in [5.74, 6) is 0.926. The number of aromatic nitrogens is 4. The average molecular weight is 449 g/mol. The zero-order valence-electron chi connectivity index (χ0n) is 18.6. The van der Waals surface area contributed by atoms with Crippen molar-refractivity contribution in [2.75, 3.05) is 18.0 Å². The fourth-order valence-corrected chi connectivity index (χ4v) is 4.63. The minimum atomic E-state index is 0.0208. The Morgan fingerprint density at radius 2 is 1.82 bits per heavy atom. The molecule has 2 aromatic heterocycles. The lowest BCUT2D eigenvalue weighted by Gasteiger charge is -2.24. The van der Waals surface area contributed by atoms with Gasteiger partial charge in [0.05, 0.1) is 23.9 Å². The molecule has 0 bridgehead atoms. The van der Waals surface area contributed by atoms with Gasteiger partial charge in [0.15, 0.2) is 0 Å². The van der Waals surface area contributed by atoms with Gasteiger partial charge in [-0.25, -0.2) is 9.97 Å². The summed E-state index contributed by atoms with van der Waals surface area (Å²) in [6.07, 6.45) is 5.26. The molecule has 0 spiro atoms. The Morgan fingerprint density at radius 1 is 0.912 bits per heavy atom. The molecule has 34 heavy (non-hydrogen) atoms. The van der Waals surface area contributed by atoms with Gasteiger partial charge in [-0.15, -0.1) is 0 Å². The highest BCUT2D eigenvalue weighted by Crippen LogP contribution is 2.31. The molecule has 168 valence electrons. The zero-order valence-corrected chi connectivity index (χ0v) is 18.6. The number of hydrogen-bond acceptors (Lipinski definition) is 4. The Bertz CT molecular complexity index is 1440. The van der Waals surface area contributed by atoms with E-state index in [0.29, 0.717) is 25.2 Å². The number of carbonyl (C=O) groups excluding carboxylic acids is 1. The van der Waals surface area contributed by atoms with Crippen molar-refractivity contribution in [3.8, 4) is 11.1 Å². The first kappa shape index (κ1) is 20.2. The molecule has 0 aliphatic carbocycles. The second-order valence-electron chi connectivity index (χ2n) is 8.53. The third kappa shape index (κ3) is 3.81. The molecule has 0 saturated carbocycles. The van der Waals surface area contributed by atoms with Crippen LogP contribution in [0.2, 0.25) is 0 Å². The highest BCUT2D eigenvalue weighted by Gasteiger charge is 2.25. The third-order valence-electron chi connectivity index (χ3n) is 6.38. The van der Waals surface area contributed by atoms with Crippen molar-refractivity contribution in [3.05, 3.63) is 102 Å². The Labute approximate surface area is 197 Å². The van der Waals surface area contributed by atoms with Crippen LogP contribution in [0.25, 0.3) is 22.2 Å². The number of benzene rings is 3. The smallest absolute Gasteiger partial charge is 0.254 e. The van der Waals surface area contributed by atoms with E-state index in [1.54, 1.807) is 12.5 Å². The first-order valence-corrected chi connectivity index (χ1v) is 11.4. The molecule has 0 radical (unpaired) electrons. The van der Waals surface area contributed by atoms with Crippen LogP contribution < -0.4 is 4.90 Å². The maximum Gasteiger partial charge on any atom is 0.254 e. The molecule has 0 saturated heterocycles. The summed E-state index contributed by atoms with van der Waals surface area (Å²) in [6.45, 7) is 2.55. The SMILES string of the molecule is O=C(c1ccc2nc[nH]c2c1)N1CCN(Cc2ncc[nH]2)c2ccc(-c3ccccc3)cc2C1. The molecule has 2 N–H and O–H groups in total. The second-order valence-corrected chi connectivity index (χ2v) is 8.53. The number of fused-ring (bicyclic) bond motifs is 2. The Balaban J connectivity index is 1.36. The predicted molar refractivity (Wildman–Crippen MR) is 132 cm³/mol. The van der Waals surface area contributed by atoms with Gasteiger partial charge in [0.2, 0.25) is 0 Å². The number of carbonyl (C=O) groups is 1. The molecule has 7 nitrogen and oxygen atoms in total. The number of rotatable bonds is 4. The minimum Gasteiger partial charge on any atom is -0.362 e. The Morgan fingerprint density at radius 3 is 2.68 bits per heavy atom. The number of aromatic amines is 2. The summed E-state index contributed by atoms with van der Waals surface area (Å²) in [4.78, 5) is 32.8. The van der Waals surface area contributed by atoms with E-state index in [1.807, 2.05) is 47.5 Å². The molecule has 5 aromatic rings. The van der Waals surface area contributed by atoms with Crippen molar-refractivity contribution in [1.29, 1.82) is 0 Å². The number of hydrogen-bond donors (Lipinski definition) is 2. The number of H-pyrrole nitrogens is 2. The van der Waals surface area contributed by atoms with Crippen molar-refractivity contribution < 1.29 is 4.79 Å². The highest BCUT2D eigenvalue weighted by atomic mass is 16.2. The molecule has 1 aliphatic heterocycles. The molecule has 1 amide bonds. The van der Waals surface area contributed by atoms with E-state index in [0.717, 1.165) is 45.8 Å². The van der Waals surface area contributed by atoms with E-state index < -0.39 is 0 Å². The van der Waals surface area contributed by atoms with Crippen LogP contribution in [0, 0.1) is 0 Å². The molecular formula is C27H24N6O. The average Bonchev–Trinajstić information content (AvgIpc) is 3.54. The zero-order chi connectivity index (χ0) is 22.9. The van der Waals surface area contributed by atoms with Gasteiger partial charge in [0.25, 0.3) is 5.91 Å². The van der Waals surface area contributed by atoms with E-state index in [9.17, 15) is 4.79 Å². The van der Waals surface area contributed by atoms with Gasteiger partial charge >= 0.3 is 0 Å². The van der Waals surface area contributed by atoms with Crippen LogP contribution in [0.15, 0.2) is 85.5 Å². The van der Waals surface area contributed by atoms with Gasteiger partial charge in [-0.2, -0.15) is 0 Å². The summed E-state index contributed by atoms with van der Waals surface area (Å²) >= 11 is 0. The van der Waals surface area contributed by atoms with Gasteiger partial charge in [0.1, 0.15) is 5.82 Å². The first-order chi connectivity index (χ1) is 16.7. The predicted octanol–water partition coefficient (Wildman–Crippen LogP) is 4.62. The van der Waals surface area contributed by atoms with E-state index >= 15 is 0 Å². The molecule has 3 aromatic carbocycles. The molecular weight excluding hydrogens is 424 g/mol. The molecule has 3 heterocycles. The van der Waals surface area contributed by atoms with Gasteiger partial charge < -0.3 is 19.8 Å². The normalized spacial score (nSPS) is 13.6. The lowest BCUT2D eigenvalue weighted by atomic mass is 10.0. The molecule has 0 fully saturated rings. The third-order valence-corrected chi connectivity index (χ3v) is 6.38. The molecule has 0 atom stereocenters. The van der Waals surface area contributed by atoms with Crippen LogP contribution in [0.3, 0.4) is 0 Å². The van der Waals surface area contributed by atoms with Crippen LogP contribution >= 0.6 is 0 Å². The van der Waals surface area contributed by atoms with Crippen molar-refractivity contribution in [3.63, 3.8) is 0 Å². The van der Waals surface area contributed by atoms with Crippen molar-refractivity contribution in [2.45, 2.75) is 13.1 Å². The number of amides is 1. The summed E-state index contributed by atoms with van der Waals surface area (Å²) in [7, 11) is 0. The van der Waals surface area contributed by atoms with Crippen LogP contribution in [0.1, 0.15) is 21.7 Å². The molecule has 1 aliphatic rings. The van der Waals surface area contributed by atoms with Crippen molar-refractivity contribution in [1.82, 2.24) is 24.8 Å². The fourth-order valence-electron chi connectivity index (χ4n) is 4.63. The summed E-state index contributed by atoms with van der Waals surface area (Å²) in [5, 5.41) is 0. The lowest BCUT2D eigenvalue weighted by molar-refractivity contribution is 0.0751. The summed E-state index contributed by atoms with van der Waals surface area (Å²) in [6, 6.07) is 22.5. The van der Waals surface area contributed by atoms with Crippen LogP contribution in [-0.2, 0) is 13.1 Å². The minimum absolute atomic E-state index is 0.0208. The molecule has 0 unspecified atom stereocenters. The van der Waals surface area contributed by atoms with Crippen LogP contribution in [0.5, 0.6) is 0 Å². The Kier molecular flexibility index (Phi) is 5.07. The number of nitrogens with zero attached hydrogens (tertiary/aromatic N) is 4. The number of nitrogens with one attached hydrogen (secondary N) is 2. The van der Waals surface area contributed by atoms with E-state index in [-0.39, 0.29) is 5.91 Å². The summed E-state index contributed by atoms with van der Waals surface area (Å²) in [5.41, 5.74) is 6.95. The largest absolute Gasteiger partial charge is 0.362 e. The number of imidazole rings is 2. The maximum atomic E-state index is 13.6. The molecule has 6 rings (SSSR count). The van der Waals surface area contributed by atoms with Gasteiger partial charge in [-0.05, 0) is 47.0 Å². The first-order valence-electron chi connectivity index (χ1n) is 11.4. The monoisotopic (exact) mass is 448 g/mol. The van der Waals surface area contributed by atoms with Crippen LogP contribution in [-0.4, -0.2) is 43.8 Å². The second kappa shape index (κ2) is 8.51. The fraction of sp³-hybridized carbons (Fsp3) is 0.148. The van der Waals surface area contributed by atoms with E-state index in [1.165, 1.54) is 0 Å². The van der Waals surface area contributed by atoms with Gasteiger partial charge in [-0.1, -0.05) is 36.4 Å². The standard InChI is InChI=1S/C27H24N6O/c34-27(21-6-8-23-24(15-21)31-18-30-23)33-13-12-32(17-26-28-10-11-29-26)25-9-7-20(14-22(25)16-33)19-4-2-1-3-5-19/h1-11,14-15,18H,12-13,16-17H2,(H,28,29)(H,30,31). The van der Waals surface area contributed by atoms with Crippen molar-refractivity contribution >= 4 is 22.6 Å². The maximum absolute atomic E-state index is 13.6. The lowest BCUT2D eigenvalue weighted by Crippen LogP contribution is -2.35. The quantitative estimate of drug-likeness (QED) is 0.421. The Hall–Kier alpha value is -4.39. The number of anilines is 1. The van der Waals surface area contributed by atoms with E-state index in [4.69, 9.17) is 0 Å². The topological polar surface area (TPSA) is 80.9 Å². The van der Waals surface area contributed by atoms with Gasteiger partial charge in [-0.3, -0.25) is 4.79 Å². The van der Waals surface area contributed by atoms with Crippen molar-refractivity contribution in [2.24, 2.45) is 0 Å². The van der Waals surface area contributed by atoms with Gasteiger partial charge in [0, 0.05) is 43.3 Å². The van der Waals surface area contributed by atoms with E-state index in [2.05, 4.69) is 55.2 Å². The molecule has 7 heteroatoms. The summed E-state index contributed by atoms with van der Waals surface area (Å²) < 4.78 is 0.